The van der Waals surface area contributed by atoms with E-state index in [1.807, 2.05) is 0 Å². The van der Waals surface area contributed by atoms with Crippen molar-refractivity contribution in [3.63, 3.8) is 0 Å². The van der Waals surface area contributed by atoms with Gasteiger partial charge in [0.1, 0.15) is 5.82 Å². The minimum Gasteiger partial charge on any atom is -0.381 e. The van der Waals surface area contributed by atoms with Crippen LogP contribution in [-0.2, 0) is 11.2 Å². The van der Waals surface area contributed by atoms with E-state index in [1.165, 1.54) is 19.3 Å². The van der Waals surface area contributed by atoms with Crippen molar-refractivity contribution in [2.75, 3.05) is 25.1 Å². The highest BCUT2D eigenvalue weighted by Crippen LogP contribution is 2.30. The lowest BCUT2D eigenvalue weighted by molar-refractivity contribution is 0.0595. The zero-order valence-corrected chi connectivity index (χ0v) is 17.6. The highest BCUT2D eigenvalue weighted by atomic mass is 35.5. The van der Waals surface area contributed by atoms with Crippen molar-refractivity contribution in [3.8, 4) is 11.3 Å². The quantitative estimate of drug-likeness (QED) is 0.687. The summed E-state index contributed by atoms with van der Waals surface area (Å²) in [6, 6.07) is 2.44. The molecule has 2 fully saturated rings. The van der Waals surface area contributed by atoms with Crippen LogP contribution < -0.4 is 11.1 Å². The topological polar surface area (TPSA) is 86.0 Å². The monoisotopic (exact) mass is 431 g/mol. The number of anilines is 1. The molecule has 0 radical (unpaired) electrons. The van der Waals surface area contributed by atoms with Crippen molar-refractivity contribution in [2.24, 2.45) is 17.6 Å². The minimum atomic E-state index is 0. The van der Waals surface area contributed by atoms with Gasteiger partial charge in [0.15, 0.2) is 0 Å². The lowest BCUT2D eigenvalue weighted by Gasteiger charge is -2.25. The lowest BCUT2D eigenvalue weighted by atomic mass is 9.83. The minimum absolute atomic E-state index is 0. The van der Waals surface area contributed by atoms with Crippen LogP contribution in [0.5, 0.6) is 0 Å². The smallest absolute Gasteiger partial charge is 0.145 e. The van der Waals surface area contributed by atoms with Crippen LogP contribution >= 0.6 is 11.6 Å². The number of hydrogen-bond donors (Lipinski definition) is 2. The lowest BCUT2D eigenvalue weighted by Crippen LogP contribution is -2.27. The van der Waals surface area contributed by atoms with Gasteiger partial charge in [-0.3, -0.25) is 9.97 Å². The molecular formula is C23H34ClN5O. The summed E-state index contributed by atoms with van der Waals surface area (Å²) < 4.78 is 5.55. The van der Waals surface area contributed by atoms with Crippen molar-refractivity contribution in [1.82, 2.24) is 15.0 Å². The molecule has 30 heavy (non-hydrogen) atoms. The third kappa shape index (κ3) is 6.13. The van der Waals surface area contributed by atoms with E-state index in [0.717, 1.165) is 68.2 Å². The molecule has 7 heteroatoms. The normalized spacial score (nSPS) is 24.1. The first kappa shape index (κ1) is 22.9. The summed E-state index contributed by atoms with van der Waals surface area (Å²) in [5.41, 5.74) is 8.76. The molecule has 0 spiro atoms. The number of ether oxygens (including phenoxy) is 1. The third-order valence-corrected chi connectivity index (χ3v) is 6.34. The highest BCUT2D eigenvalue weighted by molar-refractivity contribution is 6.33. The van der Waals surface area contributed by atoms with Gasteiger partial charge in [-0.1, -0.05) is 19.0 Å². The fourth-order valence-electron chi connectivity index (χ4n) is 4.28. The molecule has 3 N–H and O–H groups in total. The third-order valence-electron chi connectivity index (χ3n) is 6.04. The van der Waals surface area contributed by atoms with Crippen LogP contribution in [0.4, 0.5) is 5.82 Å². The molecule has 6 nitrogen and oxygen atoms in total. The summed E-state index contributed by atoms with van der Waals surface area (Å²) in [7, 11) is 0. The molecule has 1 saturated carbocycles. The Kier molecular flexibility index (Phi) is 8.42. The molecule has 1 aliphatic carbocycles. The molecule has 3 heterocycles. The second kappa shape index (κ2) is 11.0. The first-order valence-corrected chi connectivity index (χ1v) is 11.1. The average molecular weight is 432 g/mol. The molecule has 2 aliphatic rings. The van der Waals surface area contributed by atoms with Gasteiger partial charge in [0.25, 0.3) is 0 Å². The zero-order valence-electron chi connectivity index (χ0n) is 16.8. The molecule has 0 unspecified atom stereocenters. The van der Waals surface area contributed by atoms with Crippen molar-refractivity contribution < 1.29 is 4.74 Å². The Morgan fingerprint density at radius 2 is 1.93 bits per heavy atom. The van der Waals surface area contributed by atoms with Gasteiger partial charge < -0.3 is 15.8 Å². The molecular weight excluding hydrogens is 398 g/mol. The maximum Gasteiger partial charge on any atom is 0.145 e. The van der Waals surface area contributed by atoms with E-state index >= 15 is 0 Å². The van der Waals surface area contributed by atoms with Crippen LogP contribution in [0.3, 0.4) is 0 Å². The summed E-state index contributed by atoms with van der Waals surface area (Å²) in [6.45, 7) is 2.53. The summed E-state index contributed by atoms with van der Waals surface area (Å²) in [6.07, 6.45) is 13.1. The van der Waals surface area contributed by atoms with Gasteiger partial charge in [-0.05, 0) is 62.8 Å². The van der Waals surface area contributed by atoms with Gasteiger partial charge in [0, 0.05) is 36.6 Å². The van der Waals surface area contributed by atoms with Crippen LogP contribution in [0.2, 0.25) is 5.02 Å². The van der Waals surface area contributed by atoms with Crippen LogP contribution in [0.15, 0.2) is 24.7 Å². The zero-order chi connectivity index (χ0) is 20.1. The number of hydrogen-bond acceptors (Lipinski definition) is 6. The van der Waals surface area contributed by atoms with Gasteiger partial charge in [-0.15, -0.1) is 0 Å². The van der Waals surface area contributed by atoms with Gasteiger partial charge in [0.2, 0.25) is 0 Å². The van der Waals surface area contributed by atoms with E-state index in [4.69, 9.17) is 27.1 Å². The standard InChI is InChI=1S/C22H30ClN5O.CH4/c23-20-11-26-18(8-15-3-5-17(24)6-4-15)9-19(20)21-12-25-13-22(28-21)27-10-16-2-1-7-29-14-16;/h9,11-13,15-17H,1-8,10,14,24H2,(H,27,28);1H4/t15?,16-,17?;/m0./s1. The summed E-state index contributed by atoms with van der Waals surface area (Å²) in [5.74, 6) is 1.94. The average Bonchev–Trinajstić information content (AvgIpc) is 2.76. The Labute approximate surface area is 185 Å². The number of aromatic nitrogens is 3. The van der Waals surface area contributed by atoms with Crippen LogP contribution in [0, 0.1) is 11.8 Å². The van der Waals surface area contributed by atoms with Crippen molar-refractivity contribution in [2.45, 2.75) is 58.4 Å². The molecule has 0 bridgehead atoms. The summed E-state index contributed by atoms with van der Waals surface area (Å²) in [4.78, 5) is 13.7. The van der Waals surface area contributed by atoms with Gasteiger partial charge in [-0.25, -0.2) is 4.98 Å². The molecule has 0 aromatic carbocycles. The Hall–Kier alpha value is -1.76. The van der Waals surface area contributed by atoms with Crippen LogP contribution in [0.25, 0.3) is 11.3 Å². The second-order valence-electron chi connectivity index (χ2n) is 8.39. The first-order chi connectivity index (χ1) is 14.2. The summed E-state index contributed by atoms with van der Waals surface area (Å²) >= 11 is 6.46. The molecule has 164 valence electrons. The molecule has 2 aromatic heterocycles. The number of nitrogens with two attached hydrogens (primary N) is 1. The van der Waals surface area contributed by atoms with E-state index in [9.17, 15) is 0 Å². The Balaban J connectivity index is 0.00000256. The van der Waals surface area contributed by atoms with Gasteiger partial charge in [-0.2, -0.15) is 0 Å². The van der Waals surface area contributed by atoms with Crippen molar-refractivity contribution in [1.29, 1.82) is 0 Å². The number of pyridine rings is 1. The maximum absolute atomic E-state index is 6.46. The second-order valence-corrected chi connectivity index (χ2v) is 8.80. The predicted octanol–water partition coefficient (Wildman–Crippen LogP) is 4.73. The molecule has 1 atom stereocenters. The Bertz CT molecular complexity index is 804. The van der Waals surface area contributed by atoms with Gasteiger partial charge >= 0.3 is 0 Å². The van der Waals surface area contributed by atoms with E-state index in [0.29, 0.717) is 22.9 Å². The Morgan fingerprint density at radius 1 is 1.10 bits per heavy atom. The first-order valence-electron chi connectivity index (χ1n) is 10.7. The maximum atomic E-state index is 6.46. The fourth-order valence-corrected chi connectivity index (χ4v) is 4.48. The Morgan fingerprint density at radius 3 is 2.70 bits per heavy atom. The van der Waals surface area contributed by atoms with E-state index in [1.54, 1.807) is 18.6 Å². The number of nitrogens with zero attached hydrogens (tertiary/aromatic N) is 3. The van der Waals surface area contributed by atoms with Gasteiger partial charge in [0.05, 0.1) is 29.7 Å². The fraction of sp³-hybridized carbons (Fsp3) is 0.609. The van der Waals surface area contributed by atoms with Crippen molar-refractivity contribution in [3.05, 3.63) is 35.4 Å². The predicted molar refractivity (Wildman–Crippen MR) is 123 cm³/mol. The molecule has 0 amide bonds. The number of halogens is 1. The van der Waals surface area contributed by atoms with E-state index < -0.39 is 0 Å². The van der Waals surface area contributed by atoms with Crippen LogP contribution in [0.1, 0.15) is 51.6 Å². The molecule has 1 aliphatic heterocycles. The number of nitrogens with one attached hydrogen (secondary N) is 1. The SMILES string of the molecule is C.NC1CCC(Cc2cc(-c3cncc(NC[C@@H]4CCCOC4)n3)c(Cl)cn2)CC1. The molecule has 2 aromatic rings. The molecule has 4 rings (SSSR count). The van der Waals surface area contributed by atoms with Crippen LogP contribution in [-0.4, -0.2) is 40.8 Å². The number of rotatable bonds is 6. The van der Waals surface area contributed by atoms with Crippen molar-refractivity contribution >= 4 is 17.4 Å². The van der Waals surface area contributed by atoms with E-state index in [-0.39, 0.29) is 7.43 Å². The summed E-state index contributed by atoms with van der Waals surface area (Å²) in [5, 5.41) is 4.01. The largest absolute Gasteiger partial charge is 0.381 e. The molecule has 1 saturated heterocycles. The van der Waals surface area contributed by atoms with E-state index in [2.05, 4.69) is 21.4 Å². The highest BCUT2D eigenvalue weighted by Gasteiger charge is 2.20.